The van der Waals surface area contributed by atoms with Gasteiger partial charge < -0.3 is 4.74 Å². The lowest BCUT2D eigenvalue weighted by Gasteiger charge is -2.29. The summed E-state index contributed by atoms with van der Waals surface area (Å²) in [5.74, 6) is 0.400. The predicted octanol–water partition coefficient (Wildman–Crippen LogP) is 3.96. The van der Waals surface area contributed by atoms with Crippen molar-refractivity contribution in [3.63, 3.8) is 0 Å². The molecular weight excluding hydrogens is 418 g/mol. The van der Waals surface area contributed by atoms with Crippen LogP contribution in [0, 0.1) is 0 Å². The number of aryl methyl sites for hydroxylation is 2. The second-order valence-electron chi connectivity index (χ2n) is 7.92. The molecule has 0 aliphatic carbocycles. The SMILES string of the molecule is CCCn1nc(C(=O)N(c2cnn(C)c2)C(C)c2cccc(OC)c2)c2ccccc2c1=O. The largest absolute Gasteiger partial charge is 0.497 e. The van der Waals surface area contributed by atoms with E-state index in [0.717, 1.165) is 12.0 Å². The summed E-state index contributed by atoms with van der Waals surface area (Å²) < 4.78 is 8.42. The molecule has 1 atom stereocenters. The van der Waals surface area contributed by atoms with Gasteiger partial charge in [0.25, 0.3) is 11.5 Å². The number of fused-ring (bicyclic) bond motifs is 1. The Kier molecular flexibility index (Phi) is 6.26. The Labute approximate surface area is 192 Å². The summed E-state index contributed by atoms with van der Waals surface area (Å²) in [6.07, 6.45) is 4.17. The van der Waals surface area contributed by atoms with Gasteiger partial charge in [-0.25, -0.2) is 4.68 Å². The predicted molar refractivity (Wildman–Crippen MR) is 128 cm³/mol. The van der Waals surface area contributed by atoms with Gasteiger partial charge in [-0.05, 0) is 37.1 Å². The van der Waals surface area contributed by atoms with E-state index in [4.69, 9.17) is 4.74 Å². The van der Waals surface area contributed by atoms with Crippen LogP contribution in [0.25, 0.3) is 10.8 Å². The lowest BCUT2D eigenvalue weighted by Crippen LogP contribution is -2.36. The quantitative estimate of drug-likeness (QED) is 0.430. The minimum absolute atomic E-state index is 0.197. The van der Waals surface area contributed by atoms with E-state index in [1.165, 1.54) is 4.68 Å². The van der Waals surface area contributed by atoms with Crippen molar-refractivity contribution < 1.29 is 9.53 Å². The fraction of sp³-hybridized carbons (Fsp3) is 0.280. The second-order valence-corrected chi connectivity index (χ2v) is 7.92. The lowest BCUT2D eigenvalue weighted by atomic mass is 10.0. The Morgan fingerprint density at radius 2 is 1.91 bits per heavy atom. The first-order chi connectivity index (χ1) is 15.9. The van der Waals surface area contributed by atoms with Crippen LogP contribution in [-0.4, -0.2) is 32.6 Å². The number of nitrogens with zero attached hydrogens (tertiary/aromatic N) is 5. The van der Waals surface area contributed by atoms with Crippen LogP contribution in [0.1, 0.15) is 42.4 Å². The van der Waals surface area contributed by atoms with E-state index in [-0.39, 0.29) is 23.2 Å². The monoisotopic (exact) mass is 445 g/mol. The molecular formula is C25H27N5O3. The molecule has 0 aliphatic heterocycles. The number of carbonyl (C=O) groups is 1. The molecule has 0 saturated heterocycles. The second kappa shape index (κ2) is 9.28. The third-order valence-corrected chi connectivity index (χ3v) is 5.66. The molecule has 4 rings (SSSR count). The number of amides is 1. The molecule has 170 valence electrons. The molecule has 4 aromatic rings. The summed E-state index contributed by atoms with van der Waals surface area (Å²) in [7, 11) is 3.41. The van der Waals surface area contributed by atoms with E-state index in [0.29, 0.717) is 28.8 Å². The van der Waals surface area contributed by atoms with E-state index in [2.05, 4.69) is 10.2 Å². The van der Waals surface area contributed by atoms with E-state index in [1.807, 2.05) is 44.2 Å². The number of hydrogen-bond acceptors (Lipinski definition) is 5. The number of hydrogen-bond donors (Lipinski definition) is 0. The summed E-state index contributed by atoms with van der Waals surface area (Å²) in [6.45, 7) is 4.35. The number of anilines is 1. The van der Waals surface area contributed by atoms with Gasteiger partial charge in [-0.1, -0.05) is 37.3 Å². The van der Waals surface area contributed by atoms with Gasteiger partial charge in [0.15, 0.2) is 5.69 Å². The van der Waals surface area contributed by atoms with Crippen molar-refractivity contribution in [3.05, 3.63) is 82.5 Å². The Bertz CT molecular complexity index is 1360. The summed E-state index contributed by atoms with van der Waals surface area (Å²) in [6, 6.07) is 14.4. The fourth-order valence-corrected chi connectivity index (χ4v) is 3.97. The van der Waals surface area contributed by atoms with E-state index in [9.17, 15) is 9.59 Å². The molecule has 2 heterocycles. The maximum absolute atomic E-state index is 14.1. The first kappa shape index (κ1) is 22.3. The summed E-state index contributed by atoms with van der Waals surface area (Å²) in [4.78, 5) is 28.7. The van der Waals surface area contributed by atoms with Crippen LogP contribution >= 0.6 is 0 Å². The smallest absolute Gasteiger partial charge is 0.280 e. The molecule has 2 aromatic heterocycles. The zero-order valence-electron chi connectivity index (χ0n) is 19.2. The molecule has 0 N–H and O–H groups in total. The molecule has 0 fully saturated rings. The molecule has 2 aromatic carbocycles. The minimum atomic E-state index is -0.344. The van der Waals surface area contributed by atoms with Crippen molar-refractivity contribution in [1.29, 1.82) is 0 Å². The Balaban J connectivity index is 1.90. The van der Waals surface area contributed by atoms with Crippen molar-refractivity contribution in [2.45, 2.75) is 32.9 Å². The highest BCUT2D eigenvalue weighted by molar-refractivity contribution is 6.12. The van der Waals surface area contributed by atoms with Gasteiger partial charge in [-0.3, -0.25) is 19.2 Å². The van der Waals surface area contributed by atoms with Gasteiger partial charge in [-0.15, -0.1) is 0 Å². The molecule has 8 nitrogen and oxygen atoms in total. The summed E-state index contributed by atoms with van der Waals surface area (Å²) in [5.41, 5.74) is 1.57. The Hall–Kier alpha value is -3.94. The minimum Gasteiger partial charge on any atom is -0.497 e. The normalized spacial score (nSPS) is 12.0. The van der Waals surface area contributed by atoms with Crippen molar-refractivity contribution in [2.75, 3.05) is 12.0 Å². The van der Waals surface area contributed by atoms with Gasteiger partial charge in [0.2, 0.25) is 0 Å². The summed E-state index contributed by atoms with van der Waals surface area (Å²) >= 11 is 0. The highest BCUT2D eigenvalue weighted by Crippen LogP contribution is 2.31. The maximum Gasteiger partial charge on any atom is 0.280 e. The van der Waals surface area contributed by atoms with Crippen molar-refractivity contribution in [1.82, 2.24) is 19.6 Å². The third kappa shape index (κ3) is 4.24. The van der Waals surface area contributed by atoms with Crippen LogP contribution in [-0.2, 0) is 13.6 Å². The van der Waals surface area contributed by atoms with Crippen molar-refractivity contribution in [2.24, 2.45) is 7.05 Å². The van der Waals surface area contributed by atoms with Crippen molar-refractivity contribution >= 4 is 22.4 Å². The zero-order chi connectivity index (χ0) is 23.5. The number of rotatable bonds is 7. The van der Waals surface area contributed by atoms with Crippen LogP contribution in [0.5, 0.6) is 5.75 Å². The molecule has 1 amide bonds. The molecule has 0 saturated carbocycles. The number of methoxy groups -OCH3 is 1. The first-order valence-corrected chi connectivity index (χ1v) is 10.9. The van der Waals surface area contributed by atoms with Gasteiger partial charge in [0.1, 0.15) is 5.75 Å². The molecule has 33 heavy (non-hydrogen) atoms. The number of benzene rings is 2. The average Bonchev–Trinajstić information content (AvgIpc) is 3.26. The third-order valence-electron chi connectivity index (χ3n) is 5.66. The zero-order valence-corrected chi connectivity index (χ0v) is 19.2. The van der Waals surface area contributed by atoms with E-state index >= 15 is 0 Å². The lowest BCUT2D eigenvalue weighted by molar-refractivity contribution is 0.0972. The topological polar surface area (TPSA) is 82.2 Å². The molecule has 8 heteroatoms. The fourth-order valence-electron chi connectivity index (χ4n) is 3.97. The van der Waals surface area contributed by atoms with E-state index in [1.54, 1.807) is 54.3 Å². The highest BCUT2D eigenvalue weighted by Gasteiger charge is 2.29. The van der Waals surface area contributed by atoms with Gasteiger partial charge >= 0.3 is 0 Å². The highest BCUT2D eigenvalue weighted by atomic mass is 16.5. The van der Waals surface area contributed by atoms with Crippen LogP contribution in [0.3, 0.4) is 0 Å². The molecule has 0 radical (unpaired) electrons. The average molecular weight is 446 g/mol. The maximum atomic E-state index is 14.1. The first-order valence-electron chi connectivity index (χ1n) is 10.9. The van der Waals surface area contributed by atoms with Gasteiger partial charge in [-0.2, -0.15) is 10.2 Å². The Morgan fingerprint density at radius 3 is 2.58 bits per heavy atom. The van der Waals surface area contributed by atoms with Gasteiger partial charge in [0.05, 0.1) is 30.4 Å². The molecule has 0 spiro atoms. The molecule has 1 unspecified atom stereocenters. The van der Waals surface area contributed by atoms with Crippen molar-refractivity contribution in [3.8, 4) is 5.75 Å². The van der Waals surface area contributed by atoms with Crippen LogP contribution < -0.4 is 15.2 Å². The van der Waals surface area contributed by atoms with Crippen LogP contribution in [0.4, 0.5) is 5.69 Å². The van der Waals surface area contributed by atoms with Crippen LogP contribution in [0.15, 0.2) is 65.7 Å². The van der Waals surface area contributed by atoms with Crippen LogP contribution in [0.2, 0.25) is 0 Å². The Morgan fingerprint density at radius 1 is 1.15 bits per heavy atom. The number of carbonyl (C=O) groups excluding carboxylic acids is 1. The number of aromatic nitrogens is 4. The van der Waals surface area contributed by atoms with Gasteiger partial charge in [0, 0.05) is 25.2 Å². The molecule has 0 aliphatic rings. The summed E-state index contributed by atoms with van der Waals surface area (Å²) in [5, 5.41) is 9.79. The number of ether oxygens (including phenoxy) is 1. The standard InChI is InChI=1S/C25H27N5O3/c1-5-13-29-24(31)22-12-7-6-11-21(22)23(27-29)25(32)30(19-15-26-28(3)16-19)17(2)18-9-8-10-20(14-18)33-4/h6-12,14-17H,5,13H2,1-4H3. The van der Waals surface area contributed by atoms with E-state index < -0.39 is 0 Å². The molecule has 0 bridgehead atoms.